The summed E-state index contributed by atoms with van der Waals surface area (Å²) in [5.74, 6) is 1.22. The molecule has 0 N–H and O–H groups in total. The van der Waals surface area contributed by atoms with Crippen LogP contribution in [0.5, 0.6) is 0 Å². The van der Waals surface area contributed by atoms with E-state index in [1.165, 1.54) is 0 Å². The van der Waals surface area contributed by atoms with Crippen LogP contribution in [0.3, 0.4) is 0 Å². The highest BCUT2D eigenvalue weighted by molar-refractivity contribution is 4.95. The van der Waals surface area contributed by atoms with Gasteiger partial charge in [0.25, 0.3) is 0 Å². The summed E-state index contributed by atoms with van der Waals surface area (Å²) >= 11 is 0. The monoisotopic (exact) mass is 418 g/mol. The molecule has 2 atom stereocenters. The van der Waals surface area contributed by atoms with Gasteiger partial charge in [-0.2, -0.15) is 0 Å². The lowest BCUT2D eigenvalue weighted by Gasteiger charge is -2.23. The Morgan fingerprint density at radius 1 is 0.633 bits per heavy atom. The fraction of sp³-hybridized carbons (Fsp3) is 0.714. The van der Waals surface area contributed by atoms with E-state index in [4.69, 9.17) is 0 Å². The zero-order chi connectivity index (χ0) is 23.8. The number of hydrogen-bond acceptors (Lipinski definition) is 2. The predicted molar refractivity (Wildman–Crippen MR) is 140 cm³/mol. The van der Waals surface area contributed by atoms with Crippen LogP contribution in [-0.2, 0) is 0 Å². The average molecular weight is 419 g/mol. The van der Waals surface area contributed by atoms with Crippen LogP contribution >= 0.6 is 0 Å². The summed E-state index contributed by atoms with van der Waals surface area (Å²) in [4.78, 5) is 4.63. The minimum absolute atomic E-state index is 0.243. The first-order chi connectivity index (χ1) is 13.9. The Balaban J connectivity index is 0. The van der Waals surface area contributed by atoms with Crippen LogP contribution in [0.25, 0.3) is 0 Å². The molecular weight excluding hydrogens is 364 g/mol. The van der Waals surface area contributed by atoms with Gasteiger partial charge in [0.05, 0.1) is 0 Å². The molecule has 0 aliphatic rings. The van der Waals surface area contributed by atoms with Crippen molar-refractivity contribution in [2.45, 2.75) is 82.1 Å². The maximum Gasteiger partial charge on any atom is 0.0143 e. The maximum absolute atomic E-state index is 3.88. The van der Waals surface area contributed by atoms with Crippen LogP contribution in [-0.4, -0.2) is 36.0 Å². The molecule has 2 heteroatoms. The maximum atomic E-state index is 3.88. The molecule has 0 bridgehead atoms. The quantitative estimate of drug-likeness (QED) is 0.262. The molecule has 0 fully saturated rings. The van der Waals surface area contributed by atoms with Crippen LogP contribution in [0.15, 0.2) is 49.9 Å². The minimum atomic E-state index is 0.243. The lowest BCUT2D eigenvalue weighted by Crippen LogP contribution is -2.16. The van der Waals surface area contributed by atoms with E-state index in [1.54, 1.807) is 0 Å². The van der Waals surface area contributed by atoms with Crippen molar-refractivity contribution in [2.24, 2.45) is 22.7 Å². The number of hydrogen-bond donors (Lipinski definition) is 0. The highest BCUT2D eigenvalue weighted by Gasteiger charge is 2.16. The van der Waals surface area contributed by atoms with Crippen molar-refractivity contribution in [3.8, 4) is 0 Å². The van der Waals surface area contributed by atoms with Gasteiger partial charge in [-0.05, 0) is 75.6 Å². The molecule has 0 rings (SSSR count). The fourth-order valence-corrected chi connectivity index (χ4v) is 3.37. The van der Waals surface area contributed by atoms with Gasteiger partial charge < -0.3 is 9.80 Å². The molecule has 0 amide bonds. The van der Waals surface area contributed by atoms with Gasteiger partial charge in [-0.3, -0.25) is 0 Å². The Labute approximate surface area is 190 Å². The summed E-state index contributed by atoms with van der Waals surface area (Å²) in [6.45, 7) is 34.3. The van der Waals surface area contributed by atoms with Crippen LogP contribution in [0.1, 0.15) is 82.1 Å². The van der Waals surface area contributed by atoms with Gasteiger partial charge in [-0.25, -0.2) is 0 Å². The standard InChI is InChI=1S/2C14H27N/c2*1-7-14(5,6)12-13(4)10-11-15(8-2)9-3/h2*7,10-11,13H,1,8-9,12H2,2-6H3/b2*11-10+. The van der Waals surface area contributed by atoms with Crippen molar-refractivity contribution in [2.75, 3.05) is 26.2 Å². The van der Waals surface area contributed by atoms with E-state index in [-0.39, 0.29) is 10.8 Å². The highest BCUT2D eigenvalue weighted by Crippen LogP contribution is 2.27. The smallest absolute Gasteiger partial charge is 0.0143 e. The lowest BCUT2D eigenvalue weighted by atomic mass is 9.83. The topological polar surface area (TPSA) is 6.48 Å². The van der Waals surface area contributed by atoms with Crippen LogP contribution in [0.2, 0.25) is 0 Å². The first kappa shape index (κ1) is 30.8. The van der Waals surface area contributed by atoms with E-state index in [9.17, 15) is 0 Å². The summed E-state index contributed by atoms with van der Waals surface area (Å²) in [5, 5.41) is 0. The summed E-state index contributed by atoms with van der Waals surface area (Å²) < 4.78 is 0. The third-order valence-corrected chi connectivity index (χ3v) is 5.68. The molecule has 0 aliphatic carbocycles. The third-order valence-electron chi connectivity index (χ3n) is 5.68. The summed E-state index contributed by atoms with van der Waals surface area (Å²) in [5.41, 5.74) is 0.486. The first-order valence-corrected chi connectivity index (χ1v) is 12.0. The number of rotatable bonds is 14. The van der Waals surface area contributed by atoms with Crippen molar-refractivity contribution in [3.05, 3.63) is 49.9 Å². The normalized spacial score (nSPS) is 14.2. The van der Waals surface area contributed by atoms with Crippen molar-refractivity contribution in [1.82, 2.24) is 9.80 Å². The molecule has 0 aromatic heterocycles. The Bertz CT molecular complexity index is 445. The Hall–Kier alpha value is -1.44. The Kier molecular flexibility index (Phi) is 16.7. The van der Waals surface area contributed by atoms with E-state index in [0.29, 0.717) is 11.8 Å². The molecule has 0 aromatic rings. The molecule has 0 saturated heterocycles. The van der Waals surface area contributed by atoms with E-state index in [0.717, 1.165) is 39.0 Å². The van der Waals surface area contributed by atoms with Gasteiger partial charge in [0.15, 0.2) is 0 Å². The van der Waals surface area contributed by atoms with E-state index in [2.05, 4.69) is 129 Å². The van der Waals surface area contributed by atoms with Crippen LogP contribution in [0, 0.1) is 22.7 Å². The van der Waals surface area contributed by atoms with E-state index < -0.39 is 0 Å². The average Bonchev–Trinajstić information content (AvgIpc) is 2.69. The van der Waals surface area contributed by atoms with Gasteiger partial charge in [0.2, 0.25) is 0 Å². The molecule has 0 aromatic carbocycles. The second kappa shape index (κ2) is 16.3. The zero-order valence-electron chi connectivity index (χ0n) is 22.2. The first-order valence-electron chi connectivity index (χ1n) is 12.0. The van der Waals surface area contributed by atoms with E-state index >= 15 is 0 Å². The summed E-state index contributed by atoms with van der Waals surface area (Å²) in [7, 11) is 0. The number of allylic oxidation sites excluding steroid dienone is 4. The predicted octanol–water partition coefficient (Wildman–Crippen LogP) is 8.16. The SMILES string of the molecule is C=CC(C)(C)CC(C)/C=C/N(CC)CC.C=CC(C)(C)CC(C)/C=C/N(CC)CC. The lowest BCUT2D eigenvalue weighted by molar-refractivity contribution is 0.377. The highest BCUT2D eigenvalue weighted by atomic mass is 15.1. The number of nitrogens with zero attached hydrogens (tertiary/aromatic N) is 2. The summed E-state index contributed by atoms with van der Waals surface area (Å²) in [6.07, 6.45) is 15.5. The zero-order valence-corrected chi connectivity index (χ0v) is 22.2. The van der Waals surface area contributed by atoms with Crippen LogP contribution in [0.4, 0.5) is 0 Å². The molecule has 0 aliphatic heterocycles. The van der Waals surface area contributed by atoms with Gasteiger partial charge in [-0.15, -0.1) is 13.2 Å². The minimum Gasteiger partial charge on any atom is -0.378 e. The molecular formula is C28H54N2. The molecule has 176 valence electrons. The van der Waals surface area contributed by atoms with Gasteiger partial charge in [0.1, 0.15) is 0 Å². The van der Waals surface area contributed by atoms with Crippen molar-refractivity contribution in [1.29, 1.82) is 0 Å². The van der Waals surface area contributed by atoms with Crippen molar-refractivity contribution < 1.29 is 0 Å². The fourth-order valence-electron chi connectivity index (χ4n) is 3.37. The largest absolute Gasteiger partial charge is 0.378 e. The van der Waals surface area contributed by atoms with Gasteiger partial charge in [0, 0.05) is 26.2 Å². The molecule has 0 spiro atoms. The van der Waals surface area contributed by atoms with Crippen molar-refractivity contribution >= 4 is 0 Å². The Morgan fingerprint density at radius 2 is 0.900 bits per heavy atom. The van der Waals surface area contributed by atoms with Gasteiger partial charge in [-0.1, -0.05) is 65.8 Å². The molecule has 2 nitrogen and oxygen atoms in total. The molecule has 0 heterocycles. The molecule has 2 unspecified atom stereocenters. The van der Waals surface area contributed by atoms with Crippen LogP contribution < -0.4 is 0 Å². The molecule has 0 saturated carbocycles. The van der Waals surface area contributed by atoms with Crippen molar-refractivity contribution in [3.63, 3.8) is 0 Å². The molecule has 30 heavy (non-hydrogen) atoms. The second-order valence-electron chi connectivity index (χ2n) is 9.87. The van der Waals surface area contributed by atoms with Gasteiger partial charge >= 0.3 is 0 Å². The molecule has 0 radical (unpaired) electrons. The Morgan fingerprint density at radius 3 is 1.10 bits per heavy atom. The van der Waals surface area contributed by atoms with E-state index in [1.807, 2.05) is 0 Å². The third kappa shape index (κ3) is 16.4. The summed E-state index contributed by atoms with van der Waals surface area (Å²) in [6, 6.07) is 0. The second-order valence-corrected chi connectivity index (χ2v) is 9.87.